The summed E-state index contributed by atoms with van der Waals surface area (Å²) < 4.78 is 1.79. The summed E-state index contributed by atoms with van der Waals surface area (Å²) in [4.78, 5) is 17.4. The predicted octanol–water partition coefficient (Wildman–Crippen LogP) is 3.04. The second-order valence-electron chi connectivity index (χ2n) is 4.69. The molecular formula is C15H19N3OS. The minimum Gasteiger partial charge on any atom is -0.348 e. The van der Waals surface area contributed by atoms with Gasteiger partial charge in [0.05, 0.1) is 12.4 Å². The van der Waals surface area contributed by atoms with Crippen LogP contribution in [0.5, 0.6) is 0 Å². The monoisotopic (exact) mass is 289 g/mol. The van der Waals surface area contributed by atoms with E-state index in [0.29, 0.717) is 0 Å². The van der Waals surface area contributed by atoms with Crippen LogP contribution in [-0.2, 0) is 4.79 Å². The third-order valence-corrected chi connectivity index (χ3v) is 4.07. The number of hydrogen-bond acceptors (Lipinski definition) is 3. The van der Waals surface area contributed by atoms with E-state index in [4.69, 9.17) is 0 Å². The predicted molar refractivity (Wildman–Crippen MR) is 81.7 cm³/mol. The lowest BCUT2D eigenvalue weighted by atomic mass is 10.1. The van der Waals surface area contributed by atoms with Crippen LogP contribution in [0.4, 0.5) is 0 Å². The van der Waals surface area contributed by atoms with Crippen LogP contribution in [0.1, 0.15) is 31.5 Å². The van der Waals surface area contributed by atoms with Gasteiger partial charge >= 0.3 is 0 Å². The fourth-order valence-electron chi connectivity index (χ4n) is 1.94. The Morgan fingerprint density at radius 2 is 2.00 bits per heavy atom. The maximum Gasteiger partial charge on any atom is 0.243 e. The molecule has 2 rings (SSSR count). The summed E-state index contributed by atoms with van der Waals surface area (Å²) in [7, 11) is 0. The highest BCUT2D eigenvalue weighted by atomic mass is 32.2. The molecule has 0 saturated carbocycles. The number of benzene rings is 1. The number of carbonyl (C=O) groups excluding carboxylic acids is 1. The normalized spacial score (nSPS) is 13.8. The van der Waals surface area contributed by atoms with E-state index in [2.05, 4.69) is 34.6 Å². The first-order valence-corrected chi connectivity index (χ1v) is 7.76. The van der Waals surface area contributed by atoms with Gasteiger partial charge in [0.1, 0.15) is 6.04 Å². The average Bonchev–Trinajstić information content (AvgIpc) is 3.00. The highest BCUT2D eigenvalue weighted by Gasteiger charge is 2.17. The molecule has 20 heavy (non-hydrogen) atoms. The van der Waals surface area contributed by atoms with Gasteiger partial charge in [-0.2, -0.15) is 0 Å². The number of thioether (sulfide) groups is 1. The molecule has 1 heterocycles. The lowest BCUT2D eigenvalue weighted by Crippen LogP contribution is -2.32. The molecule has 5 heteroatoms. The zero-order valence-corrected chi connectivity index (χ0v) is 12.7. The van der Waals surface area contributed by atoms with Gasteiger partial charge < -0.3 is 9.88 Å². The zero-order valence-electron chi connectivity index (χ0n) is 11.9. The Bertz CT molecular complexity index is 551. The van der Waals surface area contributed by atoms with E-state index < -0.39 is 0 Å². The summed E-state index contributed by atoms with van der Waals surface area (Å²) in [6.07, 6.45) is 7.17. The molecule has 0 aliphatic heterocycles. The summed E-state index contributed by atoms with van der Waals surface area (Å²) >= 11 is 1.71. The minimum atomic E-state index is -0.259. The number of nitrogens with one attached hydrogen (secondary N) is 1. The van der Waals surface area contributed by atoms with E-state index in [1.54, 1.807) is 35.0 Å². The minimum absolute atomic E-state index is 0.00977. The van der Waals surface area contributed by atoms with Crippen molar-refractivity contribution in [2.24, 2.45) is 0 Å². The highest BCUT2D eigenvalue weighted by molar-refractivity contribution is 7.98. The van der Waals surface area contributed by atoms with Gasteiger partial charge in [-0.1, -0.05) is 12.1 Å². The van der Waals surface area contributed by atoms with Crippen LogP contribution in [0.2, 0.25) is 0 Å². The van der Waals surface area contributed by atoms with Gasteiger partial charge in [-0.25, -0.2) is 4.98 Å². The van der Waals surface area contributed by atoms with Gasteiger partial charge in [0.2, 0.25) is 5.91 Å². The quantitative estimate of drug-likeness (QED) is 0.861. The molecule has 0 radical (unpaired) electrons. The smallest absolute Gasteiger partial charge is 0.243 e. The fourth-order valence-corrected chi connectivity index (χ4v) is 2.35. The molecular weight excluding hydrogens is 270 g/mol. The van der Waals surface area contributed by atoms with Gasteiger partial charge in [-0.15, -0.1) is 11.8 Å². The first-order valence-electron chi connectivity index (χ1n) is 6.53. The maximum atomic E-state index is 12.2. The Balaban J connectivity index is 1.99. The molecule has 0 spiro atoms. The number of hydrogen-bond donors (Lipinski definition) is 1. The van der Waals surface area contributed by atoms with Crippen molar-refractivity contribution in [3.63, 3.8) is 0 Å². The summed E-state index contributed by atoms with van der Waals surface area (Å²) in [5.74, 6) is -0.00977. The molecule has 1 N–H and O–H groups in total. The number of nitrogens with zero attached hydrogens (tertiary/aromatic N) is 2. The number of carbonyl (C=O) groups is 1. The van der Waals surface area contributed by atoms with E-state index in [0.717, 1.165) is 5.56 Å². The van der Waals surface area contributed by atoms with Crippen LogP contribution in [-0.4, -0.2) is 21.7 Å². The Morgan fingerprint density at radius 3 is 2.55 bits per heavy atom. The van der Waals surface area contributed by atoms with E-state index in [1.807, 2.05) is 20.1 Å². The van der Waals surface area contributed by atoms with Crippen LogP contribution >= 0.6 is 11.8 Å². The second kappa shape index (κ2) is 6.61. The lowest BCUT2D eigenvalue weighted by molar-refractivity contribution is -0.124. The summed E-state index contributed by atoms with van der Waals surface area (Å²) in [5.41, 5.74) is 1.11. The van der Waals surface area contributed by atoms with Crippen LogP contribution in [0.15, 0.2) is 47.9 Å². The van der Waals surface area contributed by atoms with Gasteiger partial charge in [-0.3, -0.25) is 4.79 Å². The maximum absolute atomic E-state index is 12.2. The molecule has 2 atom stereocenters. The Kier molecular flexibility index (Phi) is 4.84. The molecule has 1 aromatic carbocycles. The van der Waals surface area contributed by atoms with E-state index in [-0.39, 0.29) is 18.0 Å². The van der Waals surface area contributed by atoms with Crippen molar-refractivity contribution in [1.29, 1.82) is 0 Å². The molecule has 0 aliphatic rings. The molecule has 0 bridgehead atoms. The number of rotatable bonds is 5. The van der Waals surface area contributed by atoms with Crippen molar-refractivity contribution in [2.45, 2.75) is 30.8 Å². The lowest BCUT2D eigenvalue weighted by Gasteiger charge is -2.18. The average molecular weight is 289 g/mol. The van der Waals surface area contributed by atoms with Crippen LogP contribution < -0.4 is 5.32 Å². The van der Waals surface area contributed by atoms with Gasteiger partial charge in [0.25, 0.3) is 0 Å². The third kappa shape index (κ3) is 3.42. The summed E-state index contributed by atoms with van der Waals surface area (Å²) in [6, 6.07) is 7.98. The molecule has 0 aliphatic carbocycles. The standard InChI is InChI=1S/C15H19N3OS/c1-11(13-4-6-14(20-3)7-5-13)17-15(19)12(2)18-9-8-16-10-18/h4-12H,1-3H3,(H,17,19)/t11-,12+/m0/s1. The number of aromatic nitrogens is 2. The van der Waals surface area contributed by atoms with Gasteiger partial charge in [0.15, 0.2) is 0 Å². The van der Waals surface area contributed by atoms with Gasteiger partial charge in [0, 0.05) is 17.3 Å². The van der Waals surface area contributed by atoms with Crippen LogP contribution in [0, 0.1) is 0 Å². The van der Waals surface area contributed by atoms with Crippen molar-refractivity contribution in [1.82, 2.24) is 14.9 Å². The molecule has 4 nitrogen and oxygen atoms in total. The molecule has 0 unspecified atom stereocenters. The van der Waals surface area contributed by atoms with Crippen molar-refractivity contribution < 1.29 is 4.79 Å². The first-order chi connectivity index (χ1) is 9.61. The molecule has 0 fully saturated rings. The van der Waals surface area contributed by atoms with E-state index in [1.165, 1.54) is 4.90 Å². The number of imidazole rings is 1. The molecule has 0 saturated heterocycles. The Labute approximate surface area is 123 Å². The van der Waals surface area contributed by atoms with Crippen molar-refractivity contribution in [3.8, 4) is 0 Å². The molecule has 1 amide bonds. The van der Waals surface area contributed by atoms with Crippen molar-refractivity contribution in [2.75, 3.05) is 6.26 Å². The van der Waals surface area contributed by atoms with Gasteiger partial charge in [-0.05, 0) is 37.8 Å². The summed E-state index contributed by atoms with van der Waals surface area (Å²) in [6.45, 7) is 3.85. The SMILES string of the molecule is CSc1ccc([C@H](C)NC(=O)[C@@H](C)n2ccnc2)cc1. The Hall–Kier alpha value is -1.75. The second-order valence-corrected chi connectivity index (χ2v) is 5.57. The van der Waals surface area contributed by atoms with Crippen molar-refractivity contribution >= 4 is 17.7 Å². The highest BCUT2D eigenvalue weighted by Crippen LogP contribution is 2.19. The van der Waals surface area contributed by atoms with E-state index >= 15 is 0 Å². The van der Waals surface area contributed by atoms with Crippen LogP contribution in [0.3, 0.4) is 0 Å². The third-order valence-electron chi connectivity index (χ3n) is 3.33. The summed E-state index contributed by atoms with van der Waals surface area (Å²) in [5, 5.41) is 3.03. The van der Waals surface area contributed by atoms with E-state index in [9.17, 15) is 4.79 Å². The molecule has 1 aromatic heterocycles. The fraction of sp³-hybridized carbons (Fsp3) is 0.333. The van der Waals surface area contributed by atoms with Crippen molar-refractivity contribution in [3.05, 3.63) is 48.5 Å². The first kappa shape index (κ1) is 14.7. The topological polar surface area (TPSA) is 46.9 Å². The Morgan fingerprint density at radius 1 is 1.30 bits per heavy atom. The van der Waals surface area contributed by atoms with Crippen LogP contribution in [0.25, 0.3) is 0 Å². The number of amides is 1. The largest absolute Gasteiger partial charge is 0.348 e. The molecule has 106 valence electrons. The zero-order chi connectivity index (χ0) is 14.5. The molecule has 2 aromatic rings.